The van der Waals surface area contributed by atoms with E-state index in [1.165, 1.54) is 0 Å². The summed E-state index contributed by atoms with van der Waals surface area (Å²) in [7, 11) is 0. The first-order valence-corrected chi connectivity index (χ1v) is 6.39. The highest BCUT2D eigenvalue weighted by Gasteiger charge is 2.28. The summed E-state index contributed by atoms with van der Waals surface area (Å²) in [6.45, 7) is 6.72. The molecule has 0 aromatic rings. The first-order valence-electron chi connectivity index (χ1n) is 6.39. The van der Waals surface area contributed by atoms with Crippen LogP contribution in [0.1, 0.15) is 52.9 Å². The molecule has 3 heteroatoms. The zero-order valence-corrected chi connectivity index (χ0v) is 10.8. The molecule has 96 valence electrons. The smallest absolute Gasteiger partial charge is 0.0847 e. The first kappa shape index (κ1) is 13.9. The molecule has 3 unspecified atom stereocenters. The fraction of sp³-hybridized carbons (Fsp3) is 1.00. The Labute approximate surface area is 98.8 Å². The Morgan fingerprint density at radius 3 is 2.50 bits per heavy atom. The predicted molar refractivity (Wildman–Crippen MR) is 64.3 cm³/mol. The van der Waals surface area contributed by atoms with Gasteiger partial charge in [-0.25, -0.2) is 0 Å². The quantitative estimate of drug-likeness (QED) is 0.760. The third-order valence-corrected chi connectivity index (χ3v) is 3.30. The predicted octanol–water partition coefficient (Wildman–Crippen LogP) is 2.10. The third-order valence-electron chi connectivity index (χ3n) is 3.30. The molecule has 1 fully saturated rings. The molecule has 2 N–H and O–H groups in total. The van der Waals surface area contributed by atoms with E-state index in [2.05, 4.69) is 0 Å². The number of hydrogen-bond acceptors (Lipinski definition) is 3. The lowest BCUT2D eigenvalue weighted by Gasteiger charge is -2.30. The van der Waals surface area contributed by atoms with E-state index in [1.54, 1.807) is 0 Å². The normalized spacial score (nSPS) is 25.7. The van der Waals surface area contributed by atoms with Crippen molar-refractivity contribution in [1.82, 2.24) is 0 Å². The standard InChI is InChI=1S/C13H26O3/c1-13(2,3)12(15)11(14)8-4-6-10-7-5-9-16-10/h10-12,14-15H,4-9H2,1-3H3. The van der Waals surface area contributed by atoms with Crippen LogP contribution in [-0.4, -0.2) is 35.1 Å². The molecular weight excluding hydrogens is 204 g/mol. The third kappa shape index (κ3) is 4.40. The maximum atomic E-state index is 9.86. The molecule has 1 saturated heterocycles. The summed E-state index contributed by atoms with van der Waals surface area (Å²) in [5, 5.41) is 19.7. The van der Waals surface area contributed by atoms with E-state index in [4.69, 9.17) is 4.74 Å². The van der Waals surface area contributed by atoms with Gasteiger partial charge in [-0.1, -0.05) is 20.8 Å². The van der Waals surface area contributed by atoms with Gasteiger partial charge in [-0.3, -0.25) is 0 Å². The minimum atomic E-state index is -0.642. The summed E-state index contributed by atoms with van der Waals surface area (Å²) in [5.74, 6) is 0. The molecule has 0 bridgehead atoms. The Hall–Kier alpha value is -0.120. The molecule has 0 aromatic heterocycles. The van der Waals surface area contributed by atoms with Crippen molar-refractivity contribution in [1.29, 1.82) is 0 Å². The summed E-state index contributed by atoms with van der Waals surface area (Å²) < 4.78 is 5.52. The molecule has 1 aliphatic heterocycles. The van der Waals surface area contributed by atoms with Gasteiger partial charge in [0, 0.05) is 6.61 Å². The SMILES string of the molecule is CC(C)(C)C(O)C(O)CCCC1CCCO1. The molecule has 3 nitrogen and oxygen atoms in total. The Kier molecular flexibility index (Phi) is 5.22. The zero-order chi connectivity index (χ0) is 12.2. The van der Waals surface area contributed by atoms with Gasteiger partial charge in [0.1, 0.15) is 0 Å². The fourth-order valence-corrected chi connectivity index (χ4v) is 2.16. The number of ether oxygens (including phenoxy) is 1. The van der Waals surface area contributed by atoms with Crippen LogP contribution in [0.5, 0.6) is 0 Å². The minimum absolute atomic E-state index is 0.247. The second-order valence-electron chi connectivity index (χ2n) is 5.94. The van der Waals surface area contributed by atoms with Gasteiger partial charge in [0.2, 0.25) is 0 Å². The van der Waals surface area contributed by atoms with Gasteiger partial charge in [0.15, 0.2) is 0 Å². The molecule has 3 atom stereocenters. The molecule has 0 radical (unpaired) electrons. The van der Waals surface area contributed by atoms with E-state index in [9.17, 15) is 10.2 Å². The highest BCUT2D eigenvalue weighted by atomic mass is 16.5. The van der Waals surface area contributed by atoms with Crippen molar-refractivity contribution in [3.63, 3.8) is 0 Å². The van der Waals surface area contributed by atoms with Crippen molar-refractivity contribution in [3.05, 3.63) is 0 Å². The summed E-state index contributed by atoms with van der Waals surface area (Å²) in [5.41, 5.74) is -0.247. The van der Waals surface area contributed by atoms with E-state index in [1.807, 2.05) is 20.8 Å². The van der Waals surface area contributed by atoms with E-state index in [0.717, 1.165) is 32.3 Å². The van der Waals surface area contributed by atoms with E-state index < -0.39 is 12.2 Å². The second-order valence-corrected chi connectivity index (χ2v) is 5.94. The van der Waals surface area contributed by atoms with Crippen molar-refractivity contribution in [2.45, 2.75) is 71.2 Å². The lowest BCUT2D eigenvalue weighted by atomic mass is 9.84. The van der Waals surface area contributed by atoms with Crippen LogP contribution in [0.4, 0.5) is 0 Å². The van der Waals surface area contributed by atoms with Gasteiger partial charge in [-0.05, 0) is 37.5 Å². The topological polar surface area (TPSA) is 49.7 Å². The molecule has 0 amide bonds. The van der Waals surface area contributed by atoms with Crippen molar-refractivity contribution in [2.75, 3.05) is 6.61 Å². The Bertz CT molecular complexity index is 192. The molecule has 1 heterocycles. The van der Waals surface area contributed by atoms with Crippen LogP contribution in [0.25, 0.3) is 0 Å². The van der Waals surface area contributed by atoms with Crippen LogP contribution in [0.2, 0.25) is 0 Å². The van der Waals surface area contributed by atoms with Crippen molar-refractivity contribution >= 4 is 0 Å². The van der Waals surface area contributed by atoms with E-state index >= 15 is 0 Å². The van der Waals surface area contributed by atoms with Gasteiger partial charge in [-0.15, -0.1) is 0 Å². The van der Waals surface area contributed by atoms with Crippen LogP contribution in [0.3, 0.4) is 0 Å². The van der Waals surface area contributed by atoms with Gasteiger partial charge in [0.25, 0.3) is 0 Å². The van der Waals surface area contributed by atoms with Gasteiger partial charge in [0.05, 0.1) is 18.3 Å². The molecule has 0 spiro atoms. The summed E-state index contributed by atoms with van der Waals surface area (Å²) >= 11 is 0. The summed E-state index contributed by atoms with van der Waals surface area (Å²) in [6, 6.07) is 0. The molecule has 1 aliphatic rings. The van der Waals surface area contributed by atoms with E-state index in [0.29, 0.717) is 12.5 Å². The average molecular weight is 230 g/mol. The maximum Gasteiger partial charge on any atom is 0.0847 e. The highest BCUT2D eigenvalue weighted by Crippen LogP contribution is 2.25. The summed E-state index contributed by atoms with van der Waals surface area (Å²) in [4.78, 5) is 0. The van der Waals surface area contributed by atoms with Crippen LogP contribution in [0, 0.1) is 5.41 Å². The molecular formula is C13H26O3. The molecule has 0 aliphatic carbocycles. The van der Waals surface area contributed by atoms with Gasteiger partial charge >= 0.3 is 0 Å². The van der Waals surface area contributed by atoms with Crippen LogP contribution in [-0.2, 0) is 4.74 Å². The average Bonchev–Trinajstić information content (AvgIpc) is 2.67. The van der Waals surface area contributed by atoms with Crippen LogP contribution >= 0.6 is 0 Å². The van der Waals surface area contributed by atoms with Crippen LogP contribution in [0.15, 0.2) is 0 Å². The number of hydrogen-bond donors (Lipinski definition) is 2. The monoisotopic (exact) mass is 230 g/mol. The molecule has 0 saturated carbocycles. The Morgan fingerprint density at radius 2 is 2.00 bits per heavy atom. The van der Waals surface area contributed by atoms with Crippen molar-refractivity contribution in [2.24, 2.45) is 5.41 Å². The maximum absolute atomic E-state index is 9.86. The first-order chi connectivity index (χ1) is 7.41. The minimum Gasteiger partial charge on any atom is -0.390 e. The second kappa shape index (κ2) is 5.99. The summed E-state index contributed by atoms with van der Waals surface area (Å²) in [6.07, 6.45) is 4.05. The van der Waals surface area contributed by atoms with Crippen molar-refractivity contribution < 1.29 is 14.9 Å². The number of aliphatic hydroxyl groups is 2. The van der Waals surface area contributed by atoms with Crippen molar-refractivity contribution in [3.8, 4) is 0 Å². The number of aliphatic hydroxyl groups excluding tert-OH is 2. The molecule has 16 heavy (non-hydrogen) atoms. The highest BCUT2D eigenvalue weighted by molar-refractivity contribution is 4.79. The largest absolute Gasteiger partial charge is 0.390 e. The molecule has 1 rings (SSSR count). The van der Waals surface area contributed by atoms with Crippen LogP contribution < -0.4 is 0 Å². The van der Waals surface area contributed by atoms with E-state index in [-0.39, 0.29) is 5.41 Å². The fourth-order valence-electron chi connectivity index (χ4n) is 2.16. The lowest BCUT2D eigenvalue weighted by molar-refractivity contribution is -0.0492. The van der Waals surface area contributed by atoms with Gasteiger partial charge < -0.3 is 14.9 Å². The number of rotatable bonds is 5. The lowest BCUT2D eigenvalue weighted by Crippen LogP contribution is -2.37. The zero-order valence-electron chi connectivity index (χ0n) is 10.8. The Morgan fingerprint density at radius 1 is 1.31 bits per heavy atom. The molecule has 0 aromatic carbocycles. The van der Waals surface area contributed by atoms with Gasteiger partial charge in [-0.2, -0.15) is 0 Å². The Balaban J connectivity index is 2.16.